The molecule has 1 aliphatic rings. The van der Waals surface area contributed by atoms with Crippen LogP contribution in [0.5, 0.6) is 0 Å². The van der Waals surface area contributed by atoms with Crippen molar-refractivity contribution in [3.8, 4) is 0 Å². The number of carbonyl (C=O) groups excluding carboxylic acids is 2. The summed E-state index contributed by atoms with van der Waals surface area (Å²) >= 11 is 7.45. The van der Waals surface area contributed by atoms with Gasteiger partial charge in [0.15, 0.2) is 10.8 Å². The Morgan fingerprint density at radius 1 is 1.37 bits per heavy atom. The van der Waals surface area contributed by atoms with Crippen LogP contribution in [0.2, 0.25) is 5.02 Å². The zero-order valence-electron chi connectivity index (χ0n) is 16.6. The van der Waals surface area contributed by atoms with E-state index in [4.69, 9.17) is 11.6 Å². The molecule has 3 aromatic rings. The molecule has 0 saturated heterocycles. The molecule has 0 saturated carbocycles. The number of ketones is 1. The van der Waals surface area contributed by atoms with Crippen molar-refractivity contribution in [1.82, 2.24) is 25.5 Å². The molecular weight excluding hydrogens is 445 g/mol. The van der Waals surface area contributed by atoms with Crippen LogP contribution in [-0.2, 0) is 13.0 Å². The Bertz CT molecular complexity index is 1080. The fourth-order valence-corrected chi connectivity index (χ4v) is 4.73. The van der Waals surface area contributed by atoms with Gasteiger partial charge in [-0.15, -0.1) is 23.7 Å². The molecule has 2 aromatic heterocycles. The minimum Gasteiger partial charge on any atom is -0.352 e. The second-order valence-corrected chi connectivity index (χ2v) is 8.73. The number of nitrogens with zero attached hydrogens (tertiary/aromatic N) is 2. The number of H-pyrrole nitrogens is 1. The van der Waals surface area contributed by atoms with E-state index in [-0.39, 0.29) is 30.6 Å². The zero-order chi connectivity index (χ0) is 20.5. The molecule has 0 fully saturated rings. The molecule has 1 atom stereocenters. The van der Waals surface area contributed by atoms with Crippen molar-refractivity contribution in [2.24, 2.45) is 0 Å². The van der Waals surface area contributed by atoms with Gasteiger partial charge in [-0.3, -0.25) is 9.59 Å². The van der Waals surface area contributed by atoms with E-state index in [1.54, 1.807) is 19.2 Å². The smallest absolute Gasteiger partial charge is 0.280 e. The number of Topliss-reactive ketones (excluding diaryl/α,β-unsaturated/α-hetero) is 1. The fourth-order valence-electron chi connectivity index (χ4n) is 3.44. The second-order valence-electron chi connectivity index (χ2n) is 7.21. The number of hydrogen-bond acceptors (Lipinski definition) is 6. The molecule has 7 nitrogen and oxygen atoms in total. The number of aromatic nitrogens is 2. The number of rotatable bonds is 6. The minimum atomic E-state index is -0.553. The van der Waals surface area contributed by atoms with Gasteiger partial charge in [-0.25, -0.2) is 4.98 Å². The molecule has 3 heterocycles. The fraction of sp³-hybridized carbons (Fsp3) is 0.350. The lowest BCUT2D eigenvalue weighted by molar-refractivity contribution is 0.0914. The van der Waals surface area contributed by atoms with Crippen molar-refractivity contribution < 1.29 is 9.59 Å². The molecule has 1 amide bonds. The Morgan fingerprint density at radius 3 is 2.93 bits per heavy atom. The third-order valence-corrected chi connectivity index (χ3v) is 6.41. The van der Waals surface area contributed by atoms with Gasteiger partial charge in [0.05, 0.1) is 17.4 Å². The summed E-state index contributed by atoms with van der Waals surface area (Å²) < 4.78 is 0. The highest BCUT2D eigenvalue weighted by atomic mass is 35.5. The van der Waals surface area contributed by atoms with E-state index < -0.39 is 6.04 Å². The normalized spacial score (nSPS) is 14.8. The van der Waals surface area contributed by atoms with Crippen LogP contribution >= 0.6 is 35.3 Å². The Balaban J connectivity index is 0.00000256. The van der Waals surface area contributed by atoms with Gasteiger partial charge >= 0.3 is 0 Å². The van der Waals surface area contributed by atoms with Crippen molar-refractivity contribution >= 4 is 57.9 Å². The molecule has 1 aliphatic heterocycles. The number of benzene rings is 1. The molecule has 0 aliphatic carbocycles. The first-order chi connectivity index (χ1) is 13.9. The van der Waals surface area contributed by atoms with E-state index in [1.807, 2.05) is 12.1 Å². The average molecular weight is 468 g/mol. The lowest BCUT2D eigenvalue weighted by atomic mass is 10.1. The number of amides is 1. The summed E-state index contributed by atoms with van der Waals surface area (Å²) in [5, 5.41) is 7.77. The first kappa shape index (κ1) is 22.7. The van der Waals surface area contributed by atoms with E-state index in [0.717, 1.165) is 41.0 Å². The van der Waals surface area contributed by atoms with Crippen LogP contribution in [0.25, 0.3) is 10.9 Å². The Labute approximate surface area is 189 Å². The molecule has 0 spiro atoms. The maximum absolute atomic E-state index is 12.9. The maximum Gasteiger partial charge on any atom is 0.280 e. The number of thiazole rings is 1. The van der Waals surface area contributed by atoms with Crippen LogP contribution in [0.15, 0.2) is 24.3 Å². The first-order valence-corrected chi connectivity index (χ1v) is 10.6. The summed E-state index contributed by atoms with van der Waals surface area (Å²) in [6, 6.07) is 6.65. The Kier molecular flexibility index (Phi) is 7.15. The highest BCUT2D eigenvalue weighted by Gasteiger charge is 2.24. The van der Waals surface area contributed by atoms with Crippen LogP contribution in [0.4, 0.5) is 0 Å². The number of likely N-dealkylation sites (N-methyl/N-ethyl adjacent to an activating group) is 2. The van der Waals surface area contributed by atoms with Crippen molar-refractivity contribution in [2.45, 2.75) is 19.0 Å². The van der Waals surface area contributed by atoms with Crippen LogP contribution in [0, 0.1) is 0 Å². The Morgan fingerprint density at radius 2 is 2.17 bits per heavy atom. The molecule has 0 bridgehead atoms. The SMILES string of the molecule is CNC(CNC(=O)c1nc2c(s1)CN(C)CC2)C(=O)c1cc2cc(Cl)ccc2[nH]1.Cl. The van der Waals surface area contributed by atoms with Crippen molar-refractivity contribution in [1.29, 1.82) is 0 Å². The second kappa shape index (κ2) is 9.45. The minimum absolute atomic E-state index is 0. The predicted octanol–water partition coefficient (Wildman–Crippen LogP) is 2.89. The zero-order valence-corrected chi connectivity index (χ0v) is 19.0. The molecule has 4 rings (SSSR count). The summed E-state index contributed by atoms with van der Waals surface area (Å²) in [5.41, 5.74) is 2.33. The van der Waals surface area contributed by atoms with Gasteiger partial charge in [0.1, 0.15) is 0 Å². The highest BCUT2D eigenvalue weighted by Crippen LogP contribution is 2.24. The van der Waals surface area contributed by atoms with Gasteiger partial charge in [-0.2, -0.15) is 0 Å². The number of hydrogen-bond donors (Lipinski definition) is 3. The molecule has 160 valence electrons. The van der Waals surface area contributed by atoms with Gasteiger partial charge in [0.25, 0.3) is 5.91 Å². The summed E-state index contributed by atoms with van der Waals surface area (Å²) in [4.78, 5) is 36.4. The molecule has 0 radical (unpaired) electrons. The van der Waals surface area contributed by atoms with Crippen LogP contribution in [0.3, 0.4) is 0 Å². The summed E-state index contributed by atoms with van der Waals surface area (Å²) in [7, 11) is 3.76. The lowest BCUT2D eigenvalue weighted by Gasteiger charge is -2.20. The maximum atomic E-state index is 12.9. The van der Waals surface area contributed by atoms with Gasteiger partial charge in [-0.05, 0) is 38.4 Å². The van der Waals surface area contributed by atoms with Crippen LogP contribution < -0.4 is 10.6 Å². The molecule has 1 aromatic carbocycles. The van der Waals surface area contributed by atoms with Gasteiger partial charge in [0.2, 0.25) is 0 Å². The third-order valence-electron chi connectivity index (χ3n) is 5.10. The molecule has 3 N–H and O–H groups in total. The molecule has 10 heteroatoms. The van der Waals surface area contributed by atoms with E-state index in [0.29, 0.717) is 15.7 Å². The van der Waals surface area contributed by atoms with E-state index in [1.165, 1.54) is 11.3 Å². The van der Waals surface area contributed by atoms with Crippen LogP contribution in [-0.4, -0.2) is 59.8 Å². The van der Waals surface area contributed by atoms with Crippen molar-refractivity contribution in [2.75, 3.05) is 27.2 Å². The predicted molar refractivity (Wildman–Crippen MR) is 122 cm³/mol. The summed E-state index contributed by atoms with van der Waals surface area (Å²) in [6.07, 6.45) is 0.859. The van der Waals surface area contributed by atoms with Crippen molar-refractivity contribution in [3.63, 3.8) is 0 Å². The molecule has 30 heavy (non-hydrogen) atoms. The summed E-state index contributed by atoms with van der Waals surface area (Å²) in [5.74, 6) is -0.372. The first-order valence-electron chi connectivity index (χ1n) is 9.39. The number of carbonyl (C=O) groups is 2. The number of nitrogens with one attached hydrogen (secondary N) is 3. The van der Waals surface area contributed by atoms with Gasteiger partial charge < -0.3 is 20.5 Å². The topological polar surface area (TPSA) is 90.1 Å². The lowest BCUT2D eigenvalue weighted by Crippen LogP contribution is -2.44. The standard InChI is InChI=1S/C20H22ClN5O2S.ClH/c1-22-16(18(27)15-8-11-7-12(21)3-4-13(11)24-15)9-23-19(28)20-25-14-5-6-26(2)10-17(14)29-20;/h3-4,7-8,16,22,24H,5-6,9-10H2,1-2H3,(H,23,28);1H. The van der Waals surface area contributed by atoms with E-state index >= 15 is 0 Å². The highest BCUT2D eigenvalue weighted by molar-refractivity contribution is 7.13. The van der Waals surface area contributed by atoms with E-state index in [2.05, 4.69) is 32.5 Å². The monoisotopic (exact) mass is 467 g/mol. The Hall–Kier alpha value is -1.97. The number of halogens is 2. The largest absolute Gasteiger partial charge is 0.352 e. The summed E-state index contributed by atoms with van der Waals surface area (Å²) in [6.45, 7) is 1.95. The van der Waals surface area contributed by atoms with Gasteiger partial charge in [0, 0.05) is 46.9 Å². The molecular formula is C20H23Cl2N5O2S. The quantitative estimate of drug-likeness (QED) is 0.484. The van der Waals surface area contributed by atoms with Gasteiger partial charge in [-0.1, -0.05) is 11.6 Å². The van der Waals surface area contributed by atoms with Crippen LogP contribution in [0.1, 0.15) is 30.9 Å². The number of fused-ring (bicyclic) bond motifs is 2. The third kappa shape index (κ3) is 4.68. The van der Waals surface area contributed by atoms with E-state index in [9.17, 15) is 9.59 Å². The number of aromatic amines is 1. The average Bonchev–Trinajstić information content (AvgIpc) is 3.31. The molecule has 1 unspecified atom stereocenters. The van der Waals surface area contributed by atoms with Crippen molar-refractivity contribution in [3.05, 3.63) is 50.6 Å².